The standard InChI is InChI=1S/C21H26F3N7O3/c1-12-7-15(5-6-31(12)18-10-25-17(9-26-18)27-13(2)32)30(4)20(34)28-16-8-14(21(22,23)24)11-29(3)19(16)33/h8-12,15H,5-7H2,1-4H3,(H,28,34)(H,25,27,32)/t12-,15-/m1/s1. The third-order valence-corrected chi connectivity index (χ3v) is 5.71. The molecule has 1 aliphatic heterocycles. The molecule has 0 radical (unpaired) electrons. The molecule has 3 rings (SSSR count). The topological polar surface area (TPSA) is 112 Å². The number of hydrogen-bond donors (Lipinski definition) is 2. The molecule has 184 valence electrons. The molecular weight excluding hydrogens is 455 g/mol. The van der Waals surface area contributed by atoms with Crippen LogP contribution < -0.4 is 21.1 Å². The number of piperidine rings is 1. The molecule has 3 amide bonds. The maximum atomic E-state index is 13.1. The molecule has 3 heterocycles. The number of carbonyl (C=O) groups excluding carboxylic acids is 2. The zero-order valence-electron chi connectivity index (χ0n) is 19.2. The van der Waals surface area contributed by atoms with Crippen molar-refractivity contribution >= 4 is 29.3 Å². The fraction of sp³-hybridized carbons (Fsp3) is 0.476. The van der Waals surface area contributed by atoms with Crippen molar-refractivity contribution in [3.05, 3.63) is 40.6 Å². The number of hydrogen-bond acceptors (Lipinski definition) is 6. The predicted octanol–water partition coefficient (Wildman–Crippen LogP) is 2.67. The molecule has 1 fully saturated rings. The van der Waals surface area contributed by atoms with E-state index >= 15 is 0 Å². The van der Waals surface area contributed by atoms with Crippen LogP contribution >= 0.6 is 0 Å². The van der Waals surface area contributed by atoms with Crippen molar-refractivity contribution in [1.82, 2.24) is 19.4 Å². The second-order valence-corrected chi connectivity index (χ2v) is 8.26. The lowest BCUT2D eigenvalue weighted by Gasteiger charge is -2.41. The minimum Gasteiger partial charge on any atom is -0.352 e. The summed E-state index contributed by atoms with van der Waals surface area (Å²) in [5.74, 6) is 0.719. The SMILES string of the molecule is CC(=O)Nc1cnc(N2CC[C@@H](N(C)C(=O)Nc3cc(C(F)(F)F)cn(C)c3=O)C[C@H]2C)cn1. The summed E-state index contributed by atoms with van der Waals surface area (Å²) >= 11 is 0. The second-order valence-electron chi connectivity index (χ2n) is 8.26. The van der Waals surface area contributed by atoms with Gasteiger partial charge < -0.3 is 25.0 Å². The van der Waals surface area contributed by atoms with E-state index in [9.17, 15) is 27.6 Å². The van der Waals surface area contributed by atoms with E-state index in [1.807, 2.05) is 11.8 Å². The minimum absolute atomic E-state index is 0.0173. The number of urea groups is 1. The number of carbonyl (C=O) groups is 2. The number of pyridine rings is 1. The van der Waals surface area contributed by atoms with E-state index in [0.29, 0.717) is 43.3 Å². The van der Waals surface area contributed by atoms with Gasteiger partial charge in [-0.05, 0) is 25.8 Å². The van der Waals surface area contributed by atoms with Crippen molar-refractivity contribution in [2.75, 3.05) is 29.1 Å². The van der Waals surface area contributed by atoms with Crippen LogP contribution in [0.15, 0.2) is 29.5 Å². The molecule has 1 aliphatic rings. The molecule has 0 bridgehead atoms. The molecule has 0 saturated carbocycles. The Morgan fingerprint density at radius 2 is 1.91 bits per heavy atom. The van der Waals surface area contributed by atoms with Gasteiger partial charge in [-0.15, -0.1) is 0 Å². The number of anilines is 3. The van der Waals surface area contributed by atoms with Gasteiger partial charge >= 0.3 is 12.2 Å². The quantitative estimate of drug-likeness (QED) is 0.695. The Morgan fingerprint density at radius 3 is 2.47 bits per heavy atom. The molecule has 1 saturated heterocycles. The van der Waals surface area contributed by atoms with Crippen molar-refractivity contribution in [2.45, 2.75) is 44.9 Å². The van der Waals surface area contributed by atoms with Gasteiger partial charge in [-0.2, -0.15) is 13.2 Å². The monoisotopic (exact) mass is 481 g/mol. The van der Waals surface area contributed by atoms with E-state index in [0.717, 1.165) is 4.57 Å². The highest BCUT2D eigenvalue weighted by Crippen LogP contribution is 2.30. The van der Waals surface area contributed by atoms with Gasteiger partial charge in [0.25, 0.3) is 5.56 Å². The molecule has 0 aromatic carbocycles. The van der Waals surface area contributed by atoms with Gasteiger partial charge in [0.05, 0.1) is 18.0 Å². The summed E-state index contributed by atoms with van der Waals surface area (Å²) in [4.78, 5) is 48.0. The van der Waals surface area contributed by atoms with Crippen molar-refractivity contribution < 1.29 is 22.8 Å². The summed E-state index contributed by atoms with van der Waals surface area (Å²) < 4.78 is 40.1. The lowest BCUT2D eigenvalue weighted by molar-refractivity contribution is -0.138. The number of aromatic nitrogens is 3. The van der Waals surface area contributed by atoms with Crippen LogP contribution in [-0.2, 0) is 18.0 Å². The highest BCUT2D eigenvalue weighted by molar-refractivity contribution is 5.89. The van der Waals surface area contributed by atoms with Crippen molar-refractivity contribution in [3.63, 3.8) is 0 Å². The smallest absolute Gasteiger partial charge is 0.352 e. The fourth-order valence-electron chi connectivity index (χ4n) is 3.88. The third-order valence-electron chi connectivity index (χ3n) is 5.71. The van der Waals surface area contributed by atoms with Gasteiger partial charge in [0, 0.05) is 45.8 Å². The first-order valence-electron chi connectivity index (χ1n) is 10.5. The van der Waals surface area contributed by atoms with E-state index in [1.165, 1.54) is 25.1 Å². The Labute approximate surface area is 193 Å². The highest BCUT2D eigenvalue weighted by Gasteiger charge is 2.33. The van der Waals surface area contributed by atoms with Crippen LogP contribution in [0.25, 0.3) is 0 Å². The Balaban J connectivity index is 1.66. The van der Waals surface area contributed by atoms with Crippen LogP contribution in [0.3, 0.4) is 0 Å². The maximum Gasteiger partial charge on any atom is 0.417 e. The van der Waals surface area contributed by atoms with Crippen molar-refractivity contribution in [3.8, 4) is 0 Å². The first-order valence-corrected chi connectivity index (χ1v) is 10.5. The molecule has 13 heteroatoms. The lowest BCUT2D eigenvalue weighted by Crippen LogP contribution is -2.51. The van der Waals surface area contributed by atoms with E-state index < -0.39 is 29.0 Å². The maximum absolute atomic E-state index is 13.1. The second kappa shape index (κ2) is 9.69. The molecule has 0 aliphatic carbocycles. The molecule has 10 nitrogen and oxygen atoms in total. The van der Waals surface area contributed by atoms with Crippen LogP contribution in [0.4, 0.5) is 35.3 Å². The number of amides is 3. The Bertz CT molecular complexity index is 1120. The van der Waals surface area contributed by atoms with E-state index in [-0.39, 0.29) is 18.0 Å². The van der Waals surface area contributed by atoms with Crippen LogP contribution in [-0.4, -0.2) is 57.0 Å². The Kier molecular flexibility index (Phi) is 7.12. The molecule has 2 aromatic heterocycles. The van der Waals surface area contributed by atoms with E-state index in [4.69, 9.17) is 0 Å². The van der Waals surface area contributed by atoms with Crippen LogP contribution in [0.1, 0.15) is 32.3 Å². The molecule has 0 unspecified atom stereocenters. The average Bonchev–Trinajstić information content (AvgIpc) is 2.75. The van der Waals surface area contributed by atoms with Crippen molar-refractivity contribution in [2.24, 2.45) is 7.05 Å². The molecule has 2 atom stereocenters. The lowest BCUT2D eigenvalue weighted by atomic mass is 9.97. The molecule has 2 N–H and O–H groups in total. The number of rotatable bonds is 4. The van der Waals surface area contributed by atoms with Crippen LogP contribution in [0.5, 0.6) is 0 Å². The zero-order valence-corrected chi connectivity index (χ0v) is 19.2. The van der Waals surface area contributed by atoms with E-state index in [1.54, 1.807) is 13.2 Å². The number of aryl methyl sites for hydroxylation is 1. The van der Waals surface area contributed by atoms with Gasteiger partial charge in [-0.25, -0.2) is 14.8 Å². The normalized spacial score (nSPS) is 18.4. The Morgan fingerprint density at radius 1 is 1.21 bits per heavy atom. The number of halogens is 3. The summed E-state index contributed by atoms with van der Waals surface area (Å²) in [6, 6.07) is -0.242. The summed E-state index contributed by atoms with van der Waals surface area (Å²) in [6.45, 7) is 3.90. The number of nitrogens with one attached hydrogen (secondary N) is 2. The molecular formula is C21H26F3N7O3. The van der Waals surface area contributed by atoms with Gasteiger partial charge in [0.15, 0.2) is 5.82 Å². The molecule has 2 aromatic rings. The first kappa shape index (κ1) is 25.0. The summed E-state index contributed by atoms with van der Waals surface area (Å²) in [6.07, 6.45) is 0.198. The summed E-state index contributed by atoms with van der Waals surface area (Å²) in [5.41, 5.74) is -2.20. The van der Waals surface area contributed by atoms with Gasteiger partial charge in [-0.3, -0.25) is 9.59 Å². The average molecular weight is 481 g/mol. The number of alkyl halides is 3. The van der Waals surface area contributed by atoms with Crippen LogP contribution in [0, 0.1) is 0 Å². The summed E-state index contributed by atoms with van der Waals surface area (Å²) in [7, 11) is 2.74. The third kappa shape index (κ3) is 5.64. The van der Waals surface area contributed by atoms with Crippen LogP contribution in [0.2, 0.25) is 0 Å². The fourth-order valence-corrected chi connectivity index (χ4v) is 3.88. The summed E-state index contributed by atoms with van der Waals surface area (Å²) in [5, 5.41) is 4.87. The van der Waals surface area contributed by atoms with Gasteiger partial charge in [-0.1, -0.05) is 0 Å². The van der Waals surface area contributed by atoms with E-state index in [2.05, 4.69) is 20.6 Å². The minimum atomic E-state index is -4.65. The Hall–Kier alpha value is -3.64. The largest absolute Gasteiger partial charge is 0.417 e. The van der Waals surface area contributed by atoms with Gasteiger partial charge in [0.2, 0.25) is 5.91 Å². The van der Waals surface area contributed by atoms with Crippen molar-refractivity contribution in [1.29, 1.82) is 0 Å². The first-order chi connectivity index (χ1) is 15.9. The molecule has 34 heavy (non-hydrogen) atoms. The van der Waals surface area contributed by atoms with Gasteiger partial charge in [0.1, 0.15) is 11.5 Å². The highest BCUT2D eigenvalue weighted by atomic mass is 19.4. The zero-order chi connectivity index (χ0) is 25.2. The predicted molar refractivity (Wildman–Crippen MR) is 120 cm³/mol. The number of nitrogens with zero attached hydrogens (tertiary/aromatic N) is 5. The molecule has 0 spiro atoms.